The molecular weight excluding hydrogens is 86.1 g/mol. The maximum Gasteiger partial charge on any atom is 0.0238 e. The summed E-state index contributed by atoms with van der Waals surface area (Å²) in [5.74, 6) is 2.45. The summed E-state index contributed by atoms with van der Waals surface area (Å²) in [4.78, 5) is 0. The van der Waals surface area contributed by atoms with Crippen molar-refractivity contribution in [3.05, 3.63) is 6.92 Å². The summed E-state index contributed by atoms with van der Waals surface area (Å²) in [6, 6.07) is 0.102. The minimum Gasteiger partial charge on any atom is -0.327 e. The van der Waals surface area contributed by atoms with E-state index >= 15 is 0 Å². The van der Waals surface area contributed by atoms with Gasteiger partial charge >= 0.3 is 0 Å². The fourth-order valence-corrected chi connectivity index (χ4v) is 0.253. The lowest BCUT2D eigenvalue weighted by molar-refractivity contribution is 0.703. The van der Waals surface area contributed by atoms with Crippen LogP contribution < -0.4 is 5.73 Å². The highest BCUT2D eigenvalue weighted by atomic mass is 14.6. The number of hydrogen-bond donors (Lipinski definition) is 1. The molecule has 1 atom stereocenters. The number of nitrogens with two attached hydrogens (primary N) is 1. The van der Waals surface area contributed by atoms with Crippen molar-refractivity contribution in [2.24, 2.45) is 5.73 Å². The molecule has 7 heavy (non-hydrogen) atoms. The zero-order chi connectivity index (χ0) is 5.70. The molecule has 0 bridgehead atoms. The van der Waals surface area contributed by atoms with Crippen LogP contribution >= 0.6 is 0 Å². The standard InChI is InChI=1S/C6H10N/c1-3-5-6(7)4-2/h1,6H,2,4-5,7H2. The van der Waals surface area contributed by atoms with Crippen molar-refractivity contribution in [3.63, 3.8) is 0 Å². The second-order valence-electron chi connectivity index (χ2n) is 1.46. The van der Waals surface area contributed by atoms with Crippen molar-refractivity contribution in [2.45, 2.75) is 18.9 Å². The van der Waals surface area contributed by atoms with Crippen LogP contribution in [0.15, 0.2) is 0 Å². The van der Waals surface area contributed by atoms with E-state index in [-0.39, 0.29) is 6.04 Å². The first kappa shape index (κ1) is 6.52. The van der Waals surface area contributed by atoms with Gasteiger partial charge in [0.1, 0.15) is 0 Å². The number of terminal acetylenes is 1. The smallest absolute Gasteiger partial charge is 0.0238 e. The topological polar surface area (TPSA) is 26.0 Å². The van der Waals surface area contributed by atoms with Gasteiger partial charge in [0, 0.05) is 12.5 Å². The quantitative estimate of drug-likeness (QED) is 0.499. The number of hydrogen-bond acceptors (Lipinski definition) is 1. The van der Waals surface area contributed by atoms with Gasteiger partial charge in [0.05, 0.1) is 0 Å². The second kappa shape index (κ2) is 3.70. The van der Waals surface area contributed by atoms with E-state index < -0.39 is 0 Å². The molecule has 1 nitrogen and oxygen atoms in total. The summed E-state index contributed by atoms with van der Waals surface area (Å²) >= 11 is 0. The van der Waals surface area contributed by atoms with E-state index in [1.54, 1.807) is 0 Å². The average Bonchev–Trinajstić information content (AvgIpc) is 1.68. The van der Waals surface area contributed by atoms with Crippen molar-refractivity contribution >= 4 is 0 Å². The molecule has 0 rings (SSSR count). The highest BCUT2D eigenvalue weighted by Crippen LogP contribution is 1.88. The number of rotatable bonds is 2. The first-order valence-electron chi connectivity index (χ1n) is 2.29. The molecule has 1 radical (unpaired) electrons. The minimum absolute atomic E-state index is 0.102. The monoisotopic (exact) mass is 96.1 g/mol. The van der Waals surface area contributed by atoms with E-state index in [1.807, 2.05) is 0 Å². The van der Waals surface area contributed by atoms with Gasteiger partial charge in [-0.15, -0.1) is 12.3 Å². The second-order valence-corrected chi connectivity index (χ2v) is 1.46. The van der Waals surface area contributed by atoms with Gasteiger partial charge in [-0.25, -0.2) is 0 Å². The van der Waals surface area contributed by atoms with Crippen LogP contribution in [0.3, 0.4) is 0 Å². The molecule has 0 heterocycles. The fourth-order valence-electron chi connectivity index (χ4n) is 0.253. The Kier molecular flexibility index (Phi) is 3.45. The molecule has 1 heteroatoms. The summed E-state index contributed by atoms with van der Waals surface area (Å²) in [7, 11) is 0. The molecule has 0 fully saturated rings. The van der Waals surface area contributed by atoms with Crippen molar-refractivity contribution in [2.75, 3.05) is 0 Å². The Morgan fingerprint density at radius 1 is 1.86 bits per heavy atom. The van der Waals surface area contributed by atoms with E-state index in [1.165, 1.54) is 0 Å². The summed E-state index contributed by atoms with van der Waals surface area (Å²) in [6.45, 7) is 3.58. The molecule has 0 aromatic heterocycles. The predicted molar refractivity (Wildman–Crippen MR) is 31.4 cm³/mol. The molecule has 0 amide bonds. The first-order valence-corrected chi connectivity index (χ1v) is 2.29. The third kappa shape index (κ3) is 3.35. The maximum absolute atomic E-state index is 5.38. The van der Waals surface area contributed by atoms with Crippen molar-refractivity contribution in [1.82, 2.24) is 0 Å². The molecule has 0 spiro atoms. The van der Waals surface area contributed by atoms with Gasteiger partial charge in [-0.05, 0) is 6.42 Å². The van der Waals surface area contributed by atoms with Crippen LogP contribution in [-0.4, -0.2) is 6.04 Å². The predicted octanol–water partition coefficient (Wildman–Crippen LogP) is 0.561. The van der Waals surface area contributed by atoms with Crippen LogP contribution in [0.4, 0.5) is 0 Å². The summed E-state index contributed by atoms with van der Waals surface area (Å²) in [5, 5.41) is 0. The Hall–Kier alpha value is -0.480. The van der Waals surface area contributed by atoms with Crippen molar-refractivity contribution in [3.8, 4) is 12.3 Å². The molecule has 0 saturated carbocycles. The average molecular weight is 96.2 g/mol. The van der Waals surface area contributed by atoms with E-state index in [2.05, 4.69) is 12.8 Å². The lowest BCUT2D eigenvalue weighted by Gasteiger charge is -1.99. The molecule has 0 aromatic carbocycles. The van der Waals surface area contributed by atoms with Crippen LogP contribution in [0.1, 0.15) is 12.8 Å². The van der Waals surface area contributed by atoms with Crippen LogP contribution in [0.25, 0.3) is 0 Å². The molecule has 0 aromatic rings. The van der Waals surface area contributed by atoms with Gasteiger partial charge in [0.25, 0.3) is 0 Å². The maximum atomic E-state index is 5.38. The summed E-state index contributed by atoms with van der Waals surface area (Å²) < 4.78 is 0. The van der Waals surface area contributed by atoms with Crippen molar-refractivity contribution in [1.29, 1.82) is 0 Å². The van der Waals surface area contributed by atoms with Gasteiger partial charge in [-0.3, -0.25) is 0 Å². The highest BCUT2D eigenvalue weighted by Gasteiger charge is 1.91. The van der Waals surface area contributed by atoms with Crippen LogP contribution in [-0.2, 0) is 0 Å². The largest absolute Gasteiger partial charge is 0.327 e. The van der Waals surface area contributed by atoms with E-state index in [0.717, 1.165) is 6.42 Å². The zero-order valence-electron chi connectivity index (χ0n) is 4.35. The summed E-state index contributed by atoms with van der Waals surface area (Å²) in [5.41, 5.74) is 5.38. The van der Waals surface area contributed by atoms with Crippen LogP contribution in [0.2, 0.25) is 0 Å². The van der Waals surface area contributed by atoms with Gasteiger partial charge in [0.15, 0.2) is 0 Å². The third-order valence-corrected chi connectivity index (χ3v) is 0.751. The van der Waals surface area contributed by atoms with Crippen molar-refractivity contribution < 1.29 is 0 Å². The normalized spacial score (nSPS) is 12.7. The lowest BCUT2D eigenvalue weighted by atomic mass is 10.2. The fraction of sp³-hybridized carbons (Fsp3) is 0.500. The highest BCUT2D eigenvalue weighted by molar-refractivity contribution is 4.88. The Bertz CT molecular complexity index is 70.7. The Labute approximate surface area is 44.9 Å². The molecule has 0 saturated heterocycles. The Morgan fingerprint density at radius 3 is 2.57 bits per heavy atom. The lowest BCUT2D eigenvalue weighted by Crippen LogP contribution is -2.16. The van der Waals surface area contributed by atoms with Crippen LogP contribution in [0, 0.1) is 19.3 Å². The first-order chi connectivity index (χ1) is 3.31. The molecule has 1 unspecified atom stereocenters. The minimum atomic E-state index is 0.102. The van der Waals surface area contributed by atoms with E-state index in [0.29, 0.717) is 6.42 Å². The van der Waals surface area contributed by atoms with Gasteiger partial charge in [-0.2, -0.15) is 0 Å². The zero-order valence-corrected chi connectivity index (χ0v) is 4.35. The molecule has 0 aliphatic heterocycles. The molecule has 0 aliphatic carbocycles. The van der Waals surface area contributed by atoms with Gasteiger partial charge < -0.3 is 5.73 Å². The van der Waals surface area contributed by atoms with Crippen LogP contribution in [0.5, 0.6) is 0 Å². The third-order valence-electron chi connectivity index (χ3n) is 0.751. The molecule has 2 N–H and O–H groups in total. The Morgan fingerprint density at radius 2 is 2.43 bits per heavy atom. The van der Waals surface area contributed by atoms with E-state index in [9.17, 15) is 0 Å². The Balaban J connectivity index is 3.03. The SMILES string of the molecule is C#CCC(N)C[CH2]. The molecule has 0 aliphatic rings. The van der Waals surface area contributed by atoms with Gasteiger partial charge in [0.2, 0.25) is 0 Å². The van der Waals surface area contributed by atoms with Gasteiger partial charge in [-0.1, -0.05) is 6.92 Å². The molecule has 39 valence electrons. The van der Waals surface area contributed by atoms with E-state index in [4.69, 9.17) is 12.2 Å². The summed E-state index contributed by atoms with van der Waals surface area (Å²) in [6.07, 6.45) is 6.32. The molecular formula is C6H10N.